The summed E-state index contributed by atoms with van der Waals surface area (Å²) in [5.74, 6) is 3.17. The molecule has 1 unspecified atom stereocenters. The number of para-hydroxylation sites is 2. The van der Waals surface area contributed by atoms with Crippen LogP contribution in [0.2, 0.25) is 0 Å². The van der Waals surface area contributed by atoms with Gasteiger partial charge in [0.05, 0.1) is 11.4 Å². The maximum absolute atomic E-state index is 9.96. The Bertz CT molecular complexity index is 3850. The average Bonchev–Trinajstić information content (AvgIpc) is 4.31. The number of pyridine rings is 2. The van der Waals surface area contributed by atoms with Gasteiger partial charge in [-0.25, -0.2) is 0 Å². The molecule has 3 N–H and O–H groups in total. The first-order valence-electron chi connectivity index (χ1n) is 28.8. The zero-order chi connectivity index (χ0) is 55.0. The van der Waals surface area contributed by atoms with Gasteiger partial charge in [-0.05, 0) is 137 Å². The molecule has 0 aliphatic heterocycles. The first-order valence-corrected chi connectivity index (χ1v) is 28.8. The highest BCUT2D eigenvalue weighted by Gasteiger charge is 2.43. The van der Waals surface area contributed by atoms with Crippen LogP contribution in [-0.4, -0.2) is 36.4 Å². The quantitative estimate of drug-likeness (QED) is 0.0319. The van der Waals surface area contributed by atoms with Gasteiger partial charge < -0.3 is 9.47 Å². The highest BCUT2D eigenvalue weighted by Crippen LogP contribution is 2.56. The smallest absolute Gasteiger partial charge is 0.158 e. The van der Waals surface area contributed by atoms with Crippen LogP contribution in [0.25, 0.3) is 55.7 Å². The fraction of sp³-hybridized carbons (Fsp3) is 0.211. The summed E-state index contributed by atoms with van der Waals surface area (Å²) in [5, 5.41) is 25.7. The lowest BCUT2D eigenvalue weighted by Crippen LogP contribution is -2.72. The highest BCUT2D eigenvalue weighted by molar-refractivity contribution is 6.62. The molecule has 9 aromatic rings. The molecule has 3 aliphatic rings. The number of fused-ring (bicyclic) bond motifs is 4. The van der Waals surface area contributed by atoms with Crippen LogP contribution in [0, 0.1) is 11.3 Å². The van der Waals surface area contributed by atoms with Crippen LogP contribution in [0.15, 0.2) is 229 Å². The summed E-state index contributed by atoms with van der Waals surface area (Å²) in [4.78, 5) is 10.3. The van der Waals surface area contributed by atoms with Crippen molar-refractivity contribution < 1.29 is 14.9 Å². The number of unbranched alkanes of at least 4 members (excludes halogenated alkanes) is 6. The Kier molecular flexibility index (Phi) is 15.6. The number of allylic oxidation sites excluding steroid dienone is 7. The zero-order valence-electron chi connectivity index (χ0n) is 46.1. The second-order valence-corrected chi connectivity index (χ2v) is 21.4. The zero-order valence-corrected chi connectivity index (χ0v) is 46.1. The number of aromatic nitrogens is 5. The van der Waals surface area contributed by atoms with Gasteiger partial charge in [-0.2, -0.15) is 10.2 Å². The van der Waals surface area contributed by atoms with Gasteiger partial charge in [0.1, 0.15) is 34.0 Å². The topological polar surface area (TPSA) is 128 Å². The SMILES string of the molecule is CCCCCCC1(CCCCCC)c2cc(C3=CC=C(C4C=CC(Oc5ccccc5)=CC4)C(=N)C3=N[NH2+]c3ccncc3)ccc2-c2ccc(-c3ccc(-c4ccc(Oc5ccccc5)cc4)c4nn(-c5ccncc5)nc34)cc21. The molecule has 12 rings (SSSR count). The highest BCUT2D eigenvalue weighted by atomic mass is 16.5. The van der Waals surface area contributed by atoms with Gasteiger partial charge in [0.15, 0.2) is 11.4 Å². The minimum absolute atomic E-state index is 0.00316. The number of rotatable bonds is 21. The molecule has 0 saturated carbocycles. The predicted octanol–water partition coefficient (Wildman–Crippen LogP) is 16.7. The van der Waals surface area contributed by atoms with Gasteiger partial charge in [-0.3, -0.25) is 15.4 Å². The number of nitrogens with two attached hydrogens (primary N) is 1. The lowest BCUT2D eigenvalue weighted by Gasteiger charge is -2.33. The molecule has 81 heavy (non-hydrogen) atoms. The van der Waals surface area contributed by atoms with Crippen molar-refractivity contribution in [2.45, 2.75) is 89.9 Å². The van der Waals surface area contributed by atoms with Gasteiger partial charge >= 0.3 is 0 Å². The molecular formula is C71H67N8O2+. The number of hydrogen-bond acceptors (Lipinski definition) is 8. The molecular weight excluding hydrogens is 997 g/mol. The molecule has 0 spiro atoms. The molecule has 0 saturated heterocycles. The summed E-state index contributed by atoms with van der Waals surface area (Å²) in [6.45, 7) is 4.59. The summed E-state index contributed by atoms with van der Waals surface area (Å²) in [7, 11) is 0. The van der Waals surface area contributed by atoms with E-state index in [2.05, 4.69) is 109 Å². The molecule has 10 heteroatoms. The minimum atomic E-state index is -0.252. The van der Waals surface area contributed by atoms with Gasteiger partial charge in [-0.1, -0.05) is 173 Å². The third-order valence-corrected chi connectivity index (χ3v) is 16.2. The van der Waals surface area contributed by atoms with Gasteiger partial charge in [0, 0.05) is 65.0 Å². The van der Waals surface area contributed by atoms with Crippen LogP contribution in [0.1, 0.15) is 101 Å². The number of benzene rings is 6. The van der Waals surface area contributed by atoms with Crippen molar-refractivity contribution in [3.05, 3.63) is 241 Å². The summed E-state index contributed by atoms with van der Waals surface area (Å²) >= 11 is 0. The molecule has 0 radical (unpaired) electrons. The van der Waals surface area contributed by atoms with E-state index >= 15 is 0 Å². The van der Waals surface area contributed by atoms with Gasteiger partial charge in [0.25, 0.3) is 0 Å². The molecule has 3 heterocycles. The van der Waals surface area contributed by atoms with Crippen LogP contribution >= 0.6 is 0 Å². The lowest BCUT2D eigenvalue weighted by molar-refractivity contribution is -0.577. The van der Waals surface area contributed by atoms with Crippen LogP contribution in [0.4, 0.5) is 5.69 Å². The Morgan fingerprint density at radius 2 is 1.14 bits per heavy atom. The van der Waals surface area contributed by atoms with E-state index in [0.717, 1.165) is 110 Å². The van der Waals surface area contributed by atoms with Crippen molar-refractivity contribution in [1.29, 1.82) is 5.41 Å². The molecule has 3 aromatic heterocycles. The maximum Gasteiger partial charge on any atom is 0.158 e. The van der Waals surface area contributed by atoms with Crippen molar-refractivity contribution >= 4 is 33.7 Å². The molecule has 0 bridgehead atoms. The van der Waals surface area contributed by atoms with Crippen molar-refractivity contribution in [3.63, 3.8) is 0 Å². The molecule has 402 valence electrons. The monoisotopic (exact) mass is 1060 g/mol. The van der Waals surface area contributed by atoms with E-state index in [9.17, 15) is 5.41 Å². The first kappa shape index (κ1) is 52.6. The molecule has 0 amide bonds. The number of hydrogen-bond donors (Lipinski definition) is 2. The van der Waals surface area contributed by atoms with E-state index in [1.807, 2.05) is 109 Å². The van der Waals surface area contributed by atoms with E-state index in [0.29, 0.717) is 17.8 Å². The molecule has 1 atom stereocenters. The van der Waals surface area contributed by atoms with Crippen LogP contribution in [-0.2, 0) is 5.41 Å². The maximum atomic E-state index is 9.96. The predicted molar refractivity (Wildman–Crippen MR) is 327 cm³/mol. The Labute approximate surface area is 474 Å². The van der Waals surface area contributed by atoms with Crippen molar-refractivity contribution in [1.82, 2.24) is 25.0 Å². The Morgan fingerprint density at radius 3 is 1.75 bits per heavy atom. The molecule has 3 aliphatic carbocycles. The fourth-order valence-corrected chi connectivity index (χ4v) is 12.0. The second kappa shape index (κ2) is 24.1. The Balaban J connectivity index is 0.950. The van der Waals surface area contributed by atoms with Crippen LogP contribution in [0.5, 0.6) is 17.2 Å². The average molecular weight is 1060 g/mol. The number of ether oxygens (including phenoxy) is 2. The second-order valence-electron chi connectivity index (χ2n) is 21.4. The van der Waals surface area contributed by atoms with Crippen molar-refractivity contribution in [3.8, 4) is 56.3 Å². The standard InChI is InChI=1S/C71H66N8O2/c1-3-5-7-15-41-71(42-16-8-6-4-2)65-47-51(61-34-33-59(67(72)68(61)76-75-53-37-43-73-44-38-53)49-21-27-57(28-22-49)80-55-17-11-9-12-18-55)25-31-63(65)64-32-26-52(48-66(64)71)62-36-35-60(69-70(62)78-79(77-69)54-39-45-74-46-40-54)50-23-29-58(30-24-50)81-56-19-13-10-14-20-56/h9-14,17-21,23-40,43-49,72H,3-8,15-16,22,41-42H2,1-2H3,(H,73,75)/p+1. The van der Waals surface area contributed by atoms with E-state index in [-0.39, 0.29) is 11.3 Å². The van der Waals surface area contributed by atoms with Crippen LogP contribution in [0.3, 0.4) is 0 Å². The molecule has 6 aromatic carbocycles. The molecule has 10 nitrogen and oxygen atoms in total. The minimum Gasteiger partial charge on any atom is -0.458 e. The van der Waals surface area contributed by atoms with Gasteiger partial charge in [-0.15, -0.1) is 10.2 Å². The largest absolute Gasteiger partial charge is 0.458 e. The fourth-order valence-electron chi connectivity index (χ4n) is 12.0. The number of nitrogens with one attached hydrogen (secondary N) is 1. The molecule has 0 fully saturated rings. The van der Waals surface area contributed by atoms with Gasteiger partial charge in [0.2, 0.25) is 0 Å². The number of nitrogens with zero attached hydrogens (tertiary/aromatic N) is 6. The third-order valence-electron chi connectivity index (χ3n) is 16.2. The first-order chi connectivity index (χ1) is 40.0. The normalized spacial score (nSPS) is 15.7. The summed E-state index contributed by atoms with van der Waals surface area (Å²) in [5.41, 5.74) is 18.6. The summed E-state index contributed by atoms with van der Waals surface area (Å²) in [6.07, 6.45) is 30.0. The van der Waals surface area contributed by atoms with Crippen LogP contribution < -0.4 is 14.9 Å². The summed E-state index contributed by atoms with van der Waals surface area (Å²) < 4.78 is 12.4. The van der Waals surface area contributed by atoms with E-state index in [4.69, 9.17) is 24.8 Å². The number of quaternary nitrogens is 1. The Hall–Kier alpha value is -9.12. The Morgan fingerprint density at radius 1 is 0.580 bits per heavy atom. The summed E-state index contributed by atoms with van der Waals surface area (Å²) in [6, 6.07) is 54.4. The van der Waals surface area contributed by atoms with E-state index in [1.165, 1.54) is 60.8 Å². The van der Waals surface area contributed by atoms with E-state index in [1.54, 1.807) is 29.6 Å². The van der Waals surface area contributed by atoms with Crippen molar-refractivity contribution in [2.75, 3.05) is 0 Å². The van der Waals surface area contributed by atoms with Crippen molar-refractivity contribution in [2.24, 2.45) is 11.0 Å². The lowest BCUT2D eigenvalue weighted by atomic mass is 9.69. The third kappa shape index (κ3) is 11.1. The van der Waals surface area contributed by atoms with E-state index < -0.39 is 0 Å².